The third-order valence-corrected chi connectivity index (χ3v) is 5.46. The molecule has 4 rings (SSSR count). The van der Waals surface area contributed by atoms with E-state index in [-0.39, 0.29) is 22.9 Å². The van der Waals surface area contributed by atoms with Gasteiger partial charge >= 0.3 is 5.97 Å². The van der Waals surface area contributed by atoms with Crippen molar-refractivity contribution >= 4 is 17.3 Å². The van der Waals surface area contributed by atoms with Crippen LogP contribution in [0.25, 0.3) is 16.9 Å². The zero-order valence-electron chi connectivity index (χ0n) is 18.3. The van der Waals surface area contributed by atoms with Crippen molar-refractivity contribution in [3.63, 3.8) is 0 Å². The summed E-state index contributed by atoms with van der Waals surface area (Å²) >= 11 is 0. The van der Waals surface area contributed by atoms with E-state index in [0.717, 1.165) is 11.1 Å². The average Bonchev–Trinajstić information content (AvgIpc) is 2.81. The van der Waals surface area contributed by atoms with E-state index in [0.29, 0.717) is 28.2 Å². The van der Waals surface area contributed by atoms with E-state index in [4.69, 9.17) is 10.2 Å². The predicted molar refractivity (Wildman–Crippen MR) is 124 cm³/mol. The van der Waals surface area contributed by atoms with Crippen molar-refractivity contribution in [3.05, 3.63) is 93.2 Å². The Morgan fingerprint density at radius 2 is 1.97 bits per heavy atom. The first-order valence-corrected chi connectivity index (χ1v) is 10.3. The number of nitrogens with zero attached hydrogens (tertiary/aromatic N) is 4. The average molecular weight is 439 g/mol. The first-order valence-electron chi connectivity index (χ1n) is 10.3. The molecule has 0 amide bonds. The van der Waals surface area contributed by atoms with Crippen LogP contribution in [0.1, 0.15) is 45.7 Å². The fraction of sp³-hybridized carbons (Fsp3) is 0.160. The fourth-order valence-corrected chi connectivity index (χ4v) is 3.80. The first-order chi connectivity index (χ1) is 15.8. The highest BCUT2D eigenvalue weighted by molar-refractivity contribution is 5.94. The van der Waals surface area contributed by atoms with Gasteiger partial charge in [0.25, 0.3) is 5.56 Å². The van der Waals surface area contributed by atoms with Crippen LogP contribution in [0.15, 0.2) is 59.7 Å². The summed E-state index contributed by atoms with van der Waals surface area (Å²) in [6.07, 6.45) is 3.27. The monoisotopic (exact) mass is 439 g/mol. The molecule has 8 nitrogen and oxygen atoms in total. The number of para-hydroxylation sites is 1. The molecule has 33 heavy (non-hydrogen) atoms. The molecule has 0 saturated heterocycles. The van der Waals surface area contributed by atoms with Gasteiger partial charge in [-0.3, -0.25) is 9.20 Å². The maximum atomic E-state index is 13.2. The Morgan fingerprint density at radius 3 is 2.64 bits per heavy atom. The van der Waals surface area contributed by atoms with Crippen LogP contribution < -0.4 is 10.9 Å². The van der Waals surface area contributed by atoms with Crippen LogP contribution in [-0.2, 0) is 0 Å². The number of carboxylic acid groups (broad SMARTS) is 1. The highest BCUT2D eigenvalue weighted by atomic mass is 16.4. The normalized spacial score (nSPS) is 11.7. The van der Waals surface area contributed by atoms with Crippen molar-refractivity contribution < 1.29 is 9.90 Å². The zero-order chi connectivity index (χ0) is 23.7. The molecule has 4 aromatic rings. The van der Waals surface area contributed by atoms with Crippen LogP contribution in [0.3, 0.4) is 0 Å². The third kappa shape index (κ3) is 4.04. The smallest absolute Gasteiger partial charge is 0.337 e. The van der Waals surface area contributed by atoms with Crippen molar-refractivity contribution in [1.29, 1.82) is 5.26 Å². The number of aromatic nitrogens is 3. The van der Waals surface area contributed by atoms with Gasteiger partial charge < -0.3 is 10.4 Å². The zero-order valence-corrected chi connectivity index (χ0v) is 18.3. The number of rotatable bonds is 5. The lowest BCUT2D eigenvalue weighted by Gasteiger charge is -2.20. The molecule has 0 saturated carbocycles. The number of anilines is 1. The Balaban J connectivity index is 1.88. The summed E-state index contributed by atoms with van der Waals surface area (Å²) in [4.78, 5) is 33.7. The molecule has 8 heteroatoms. The number of carboxylic acids is 1. The van der Waals surface area contributed by atoms with Gasteiger partial charge in [0.1, 0.15) is 17.4 Å². The van der Waals surface area contributed by atoms with Crippen LogP contribution in [0.2, 0.25) is 0 Å². The van der Waals surface area contributed by atoms with Gasteiger partial charge in [-0.1, -0.05) is 12.1 Å². The highest BCUT2D eigenvalue weighted by Gasteiger charge is 2.19. The van der Waals surface area contributed by atoms with Crippen LogP contribution >= 0.6 is 0 Å². The van der Waals surface area contributed by atoms with Crippen LogP contribution in [-0.4, -0.2) is 25.4 Å². The van der Waals surface area contributed by atoms with Crippen LogP contribution in [0, 0.1) is 25.2 Å². The molecular weight excluding hydrogens is 418 g/mol. The van der Waals surface area contributed by atoms with Gasteiger partial charge in [0.15, 0.2) is 0 Å². The largest absolute Gasteiger partial charge is 0.478 e. The standard InChI is InChI=1S/C25H21N5O3/c1-14-10-20(16(3)28-21-7-5-4-6-19(21)25(32)33)23-29-22(15(2)24(31)30(23)13-14)17-8-9-18(11-26)27-12-17/h4-10,12-13,16,28H,1-3H3,(H,32,33)/t16-/m0/s1. The summed E-state index contributed by atoms with van der Waals surface area (Å²) in [5.74, 6) is -1.03. The van der Waals surface area contributed by atoms with E-state index in [1.807, 2.05) is 26.0 Å². The minimum absolute atomic E-state index is 0.159. The summed E-state index contributed by atoms with van der Waals surface area (Å²) in [5, 5.41) is 21.8. The van der Waals surface area contributed by atoms with Crippen molar-refractivity contribution in [2.75, 3.05) is 5.32 Å². The lowest BCUT2D eigenvalue weighted by atomic mass is 10.0. The molecule has 0 aliphatic rings. The van der Waals surface area contributed by atoms with Gasteiger partial charge in [0.2, 0.25) is 0 Å². The summed E-state index contributed by atoms with van der Waals surface area (Å²) in [5.41, 5.74) is 4.37. The summed E-state index contributed by atoms with van der Waals surface area (Å²) in [6.45, 7) is 5.49. The molecule has 0 spiro atoms. The van der Waals surface area contributed by atoms with Gasteiger partial charge in [0, 0.05) is 34.8 Å². The maximum Gasteiger partial charge on any atom is 0.337 e. The van der Waals surface area contributed by atoms with Crippen LogP contribution in [0.4, 0.5) is 5.69 Å². The lowest BCUT2D eigenvalue weighted by molar-refractivity contribution is 0.0698. The number of nitriles is 1. The third-order valence-electron chi connectivity index (χ3n) is 5.46. The fourth-order valence-electron chi connectivity index (χ4n) is 3.80. The topological polar surface area (TPSA) is 120 Å². The van der Waals surface area contributed by atoms with Crippen molar-refractivity contribution in [2.24, 2.45) is 0 Å². The first kappa shape index (κ1) is 21.7. The number of aromatic carboxylic acids is 1. The van der Waals surface area contributed by atoms with Crippen molar-refractivity contribution in [3.8, 4) is 17.3 Å². The summed E-state index contributed by atoms with van der Waals surface area (Å²) in [7, 11) is 0. The Hall–Kier alpha value is -4.51. The molecule has 164 valence electrons. The molecule has 1 atom stereocenters. The SMILES string of the molecule is Cc1cc([C@H](C)Nc2ccccc2C(=O)O)c2nc(-c3ccc(C#N)nc3)c(C)c(=O)n2c1. The second kappa shape index (κ2) is 8.55. The van der Waals surface area contributed by atoms with E-state index in [1.165, 1.54) is 16.7 Å². The molecule has 0 bridgehead atoms. The molecular formula is C25H21N5O3. The van der Waals surface area contributed by atoms with Gasteiger partial charge in [-0.05, 0) is 56.7 Å². The number of carbonyl (C=O) groups is 1. The Kier molecular flexibility index (Phi) is 5.63. The van der Waals surface area contributed by atoms with Gasteiger partial charge in [-0.2, -0.15) is 5.26 Å². The van der Waals surface area contributed by atoms with Gasteiger partial charge in [-0.15, -0.1) is 0 Å². The molecule has 0 radical (unpaired) electrons. The number of aryl methyl sites for hydroxylation is 1. The number of fused-ring (bicyclic) bond motifs is 1. The van der Waals surface area contributed by atoms with Crippen molar-refractivity contribution in [2.45, 2.75) is 26.8 Å². The van der Waals surface area contributed by atoms with E-state index in [2.05, 4.69) is 10.3 Å². The minimum atomic E-state index is -1.03. The molecule has 3 heterocycles. The molecule has 0 unspecified atom stereocenters. The second-order valence-corrected chi connectivity index (χ2v) is 7.82. The predicted octanol–water partition coefficient (Wildman–Crippen LogP) is 4.12. The number of pyridine rings is 2. The van der Waals surface area contributed by atoms with Gasteiger partial charge in [-0.25, -0.2) is 14.8 Å². The van der Waals surface area contributed by atoms with Gasteiger partial charge in [0.05, 0.1) is 17.3 Å². The van der Waals surface area contributed by atoms with E-state index in [1.54, 1.807) is 43.5 Å². The molecule has 2 N–H and O–H groups in total. The molecule has 0 fully saturated rings. The number of hydrogen-bond acceptors (Lipinski definition) is 6. The molecule has 0 aliphatic heterocycles. The van der Waals surface area contributed by atoms with Crippen LogP contribution in [0.5, 0.6) is 0 Å². The Bertz CT molecular complexity index is 1480. The summed E-state index contributed by atoms with van der Waals surface area (Å²) < 4.78 is 1.52. The second-order valence-electron chi connectivity index (χ2n) is 7.82. The Labute approximate surface area is 189 Å². The minimum Gasteiger partial charge on any atom is -0.478 e. The summed E-state index contributed by atoms with van der Waals surface area (Å²) in [6, 6.07) is 13.5. The van der Waals surface area contributed by atoms with Crippen molar-refractivity contribution in [1.82, 2.24) is 14.4 Å². The lowest BCUT2D eigenvalue weighted by Crippen LogP contribution is -2.22. The van der Waals surface area contributed by atoms with E-state index in [9.17, 15) is 14.7 Å². The quantitative estimate of drug-likeness (QED) is 0.480. The van der Waals surface area contributed by atoms with E-state index >= 15 is 0 Å². The molecule has 0 aliphatic carbocycles. The Morgan fingerprint density at radius 1 is 1.21 bits per heavy atom. The number of nitrogens with one attached hydrogen (secondary N) is 1. The molecule has 3 aromatic heterocycles. The molecule has 1 aromatic carbocycles. The highest BCUT2D eigenvalue weighted by Crippen LogP contribution is 2.27. The maximum absolute atomic E-state index is 13.2. The number of hydrogen-bond donors (Lipinski definition) is 2. The number of benzene rings is 1. The van der Waals surface area contributed by atoms with E-state index < -0.39 is 5.97 Å².